The molecular formula is C11H23NO4Si4. The summed E-state index contributed by atoms with van der Waals surface area (Å²) < 4.78 is 24.2. The van der Waals surface area contributed by atoms with Crippen molar-refractivity contribution < 1.29 is 16.5 Å². The van der Waals surface area contributed by atoms with Gasteiger partial charge in [0, 0.05) is 6.04 Å². The summed E-state index contributed by atoms with van der Waals surface area (Å²) in [4.78, 5) is 0. The lowest BCUT2D eigenvalue weighted by molar-refractivity contribution is 0.256. The Morgan fingerprint density at radius 2 is 1.65 bits per heavy atom. The van der Waals surface area contributed by atoms with Crippen molar-refractivity contribution in [3.05, 3.63) is 35.9 Å². The quantitative estimate of drug-likeness (QED) is 0.815. The molecule has 1 aromatic carbocycles. The van der Waals surface area contributed by atoms with Crippen LogP contribution in [0.3, 0.4) is 0 Å². The van der Waals surface area contributed by atoms with Gasteiger partial charge in [0.25, 0.3) is 9.28 Å². The Hall–Kier alpha value is -0.112. The van der Waals surface area contributed by atoms with Gasteiger partial charge in [0.05, 0.1) is 0 Å². The predicted octanol–water partition coefficient (Wildman–Crippen LogP) is 1.15. The van der Waals surface area contributed by atoms with Crippen molar-refractivity contribution in [1.29, 1.82) is 0 Å². The normalized spacial score (nSPS) is 39.0. The van der Waals surface area contributed by atoms with Gasteiger partial charge in [-0.25, -0.2) is 0 Å². The van der Waals surface area contributed by atoms with Gasteiger partial charge in [-0.05, 0) is 31.8 Å². The number of benzene rings is 1. The fraction of sp³-hybridized carbons (Fsp3) is 0.455. The zero-order valence-corrected chi connectivity index (χ0v) is 16.8. The van der Waals surface area contributed by atoms with E-state index in [1.165, 1.54) is 5.56 Å². The minimum absolute atomic E-state index is 0.771. The van der Waals surface area contributed by atoms with Crippen molar-refractivity contribution in [2.75, 3.05) is 0 Å². The molecule has 0 amide bonds. The summed E-state index contributed by atoms with van der Waals surface area (Å²) in [5.74, 6) is 0. The summed E-state index contributed by atoms with van der Waals surface area (Å²) >= 11 is 0. The molecule has 2 rings (SSSR count). The van der Waals surface area contributed by atoms with Gasteiger partial charge >= 0.3 is 26.6 Å². The largest absolute Gasteiger partial charge is 0.420 e. The van der Waals surface area contributed by atoms with Crippen LogP contribution in [-0.4, -0.2) is 35.9 Å². The first-order chi connectivity index (χ1) is 9.28. The first-order valence-corrected chi connectivity index (χ1v) is 15.9. The second-order valence-corrected chi connectivity index (χ2v) is 16.1. The van der Waals surface area contributed by atoms with E-state index in [-0.39, 0.29) is 0 Å². The third-order valence-corrected chi connectivity index (χ3v) is 17.0. The Labute approximate surface area is 126 Å². The average molecular weight is 346 g/mol. The van der Waals surface area contributed by atoms with Gasteiger partial charge < -0.3 is 21.9 Å². The van der Waals surface area contributed by atoms with E-state index < -0.39 is 35.9 Å². The molecule has 9 heteroatoms. The third kappa shape index (κ3) is 4.72. The van der Waals surface area contributed by atoms with Crippen molar-refractivity contribution in [2.45, 2.75) is 32.2 Å². The van der Waals surface area contributed by atoms with E-state index in [0.29, 0.717) is 0 Å². The molecule has 4 atom stereocenters. The highest BCUT2D eigenvalue weighted by atomic mass is 28.5. The zero-order valence-electron chi connectivity index (χ0n) is 12.5. The van der Waals surface area contributed by atoms with Gasteiger partial charge in [-0.1, -0.05) is 30.3 Å². The van der Waals surface area contributed by atoms with Crippen LogP contribution in [0, 0.1) is 0 Å². The lowest BCUT2D eigenvalue weighted by Crippen LogP contribution is -2.64. The van der Waals surface area contributed by atoms with Gasteiger partial charge in [-0.3, -0.25) is 0 Å². The molecule has 2 N–H and O–H groups in total. The fourth-order valence-corrected chi connectivity index (χ4v) is 17.9. The van der Waals surface area contributed by atoms with Gasteiger partial charge in [0.1, 0.15) is 0 Å². The van der Waals surface area contributed by atoms with Crippen LogP contribution in [0.15, 0.2) is 30.3 Å². The Morgan fingerprint density at radius 3 is 2.30 bits per heavy atom. The maximum Gasteiger partial charge on any atom is 0.401 e. The topological polar surface area (TPSA) is 62.9 Å². The molecule has 0 spiro atoms. The van der Waals surface area contributed by atoms with Crippen LogP contribution >= 0.6 is 0 Å². The molecule has 20 heavy (non-hydrogen) atoms. The van der Waals surface area contributed by atoms with Crippen LogP contribution < -0.4 is 5.40 Å². The Balaban J connectivity index is 2.18. The molecule has 0 radical (unpaired) electrons. The van der Waals surface area contributed by atoms with E-state index in [1.807, 2.05) is 37.8 Å². The lowest BCUT2D eigenvalue weighted by Gasteiger charge is -2.40. The van der Waals surface area contributed by atoms with Crippen LogP contribution in [-0.2, 0) is 22.5 Å². The summed E-state index contributed by atoms with van der Waals surface area (Å²) in [7, 11) is -8.51. The van der Waals surface area contributed by atoms with Gasteiger partial charge in [-0.15, -0.1) is 0 Å². The number of hydrogen-bond donors (Lipinski definition) is 1. The van der Waals surface area contributed by atoms with E-state index in [1.54, 1.807) is 0 Å². The van der Waals surface area contributed by atoms with Crippen LogP contribution in [0.4, 0.5) is 0 Å². The molecule has 1 aromatic rings. The molecule has 1 aliphatic rings. The van der Waals surface area contributed by atoms with E-state index in [4.69, 9.17) is 21.9 Å². The predicted molar refractivity (Wildman–Crippen MR) is 87.9 cm³/mol. The van der Waals surface area contributed by atoms with Gasteiger partial charge in [-0.2, -0.15) is 0 Å². The number of nitrogens with two attached hydrogens (primary N) is 1. The highest BCUT2D eigenvalue weighted by Crippen LogP contribution is 2.23. The molecule has 0 bridgehead atoms. The Bertz CT molecular complexity index is 449. The first-order valence-electron chi connectivity index (χ1n) is 6.82. The summed E-state index contributed by atoms with van der Waals surface area (Å²) in [6.07, 6.45) is 0. The van der Waals surface area contributed by atoms with Crippen LogP contribution in [0.2, 0.25) is 26.2 Å². The first kappa shape index (κ1) is 16.3. The highest BCUT2D eigenvalue weighted by molar-refractivity contribution is 6.85. The highest BCUT2D eigenvalue weighted by Gasteiger charge is 2.45. The molecule has 112 valence electrons. The van der Waals surface area contributed by atoms with Crippen molar-refractivity contribution in [3.63, 3.8) is 0 Å². The van der Waals surface area contributed by atoms with E-state index >= 15 is 0 Å². The molecule has 0 aromatic heterocycles. The third-order valence-electron chi connectivity index (χ3n) is 2.99. The van der Waals surface area contributed by atoms with Gasteiger partial charge in [0.15, 0.2) is 0 Å². The van der Waals surface area contributed by atoms with Crippen LogP contribution in [0.1, 0.15) is 5.56 Å². The second kappa shape index (κ2) is 6.33. The number of hydrogen-bond acceptors (Lipinski definition) is 5. The Kier molecular flexibility index (Phi) is 5.15. The molecule has 0 saturated carbocycles. The number of rotatable bonds is 2. The molecule has 1 fully saturated rings. The van der Waals surface area contributed by atoms with E-state index in [9.17, 15) is 0 Å². The minimum atomic E-state index is -2.66. The smallest absolute Gasteiger partial charge is 0.401 e. The van der Waals surface area contributed by atoms with E-state index in [0.717, 1.165) is 6.04 Å². The molecule has 0 aliphatic carbocycles. The fourth-order valence-electron chi connectivity index (χ4n) is 2.53. The molecule has 5 nitrogen and oxygen atoms in total. The second-order valence-electron chi connectivity index (χ2n) is 5.42. The summed E-state index contributed by atoms with van der Waals surface area (Å²) in [5, 5.41) is 6.23. The summed E-state index contributed by atoms with van der Waals surface area (Å²) in [6.45, 7) is 7.95. The summed E-state index contributed by atoms with van der Waals surface area (Å²) in [6, 6.07) is 11.0. The molecule has 4 unspecified atom stereocenters. The maximum atomic E-state index is 6.23. The van der Waals surface area contributed by atoms with Crippen LogP contribution in [0.25, 0.3) is 0 Å². The standard InChI is InChI=1S/C11H23NO4Si4/c1-17-13-18(2)15-20(4,12)16-19(3,14-17)10-11-8-6-5-7-9-11/h5-9,17-18H,10,12H2,1-4H3. The molecular weight excluding hydrogens is 322 g/mol. The van der Waals surface area contributed by atoms with Crippen molar-refractivity contribution in [1.82, 2.24) is 0 Å². The zero-order chi connectivity index (χ0) is 14.8. The van der Waals surface area contributed by atoms with Crippen molar-refractivity contribution >= 4 is 35.9 Å². The monoisotopic (exact) mass is 345 g/mol. The van der Waals surface area contributed by atoms with Gasteiger partial charge in [0.2, 0.25) is 0 Å². The van der Waals surface area contributed by atoms with Crippen molar-refractivity contribution in [3.8, 4) is 0 Å². The molecule has 1 saturated heterocycles. The van der Waals surface area contributed by atoms with E-state index in [2.05, 4.69) is 18.7 Å². The molecule has 1 aliphatic heterocycles. The minimum Gasteiger partial charge on any atom is -0.420 e. The molecule has 1 heterocycles. The SMILES string of the molecule is C[SiH]1O[SiH](C)O[Si](C)(Cc2ccccc2)O[Si](C)(N)O1. The average Bonchev–Trinajstić information content (AvgIpc) is 2.25. The summed E-state index contributed by atoms with van der Waals surface area (Å²) in [5.41, 5.74) is 1.21. The maximum absolute atomic E-state index is 6.23. The van der Waals surface area contributed by atoms with Crippen molar-refractivity contribution in [2.24, 2.45) is 5.40 Å². The lowest BCUT2D eigenvalue weighted by atomic mass is 10.2. The Morgan fingerprint density at radius 1 is 1.05 bits per heavy atom. The van der Waals surface area contributed by atoms with Crippen LogP contribution in [0.5, 0.6) is 0 Å².